The van der Waals surface area contributed by atoms with Gasteiger partial charge in [0.1, 0.15) is 0 Å². The number of nitrogens with one attached hydrogen (secondary N) is 1. The molecule has 1 unspecified atom stereocenters. The molecule has 0 saturated carbocycles. The lowest BCUT2D eigenvalue weighted by Gasteiger charge is -2.20. The van der Waals surface area contributed by atoms with E-state index in [2.05, 4.69) is 5.32 Å². The van der Waals surface area contributed by atoms with Gasteiger partial charge in [0, 0.05) is 25.7 Å². The Kier molecular flexibility index (Phi) is 5.76. The highest BCUT2D eigenvalue weighted by Crippen LogP contribution is 2.19. The van der Waals surface area contributed by atoms with E-state index in [0.717, 1.165) is 0 Å². The van der Waals surface area contributed by atoms with Gasteiger partial charge in [-0.3, -0.25) is 4.79 Å². The van der Waals surface area contributed by atoms with E-state index in [-0.39, 0.29) is 30.1 Å². The predicted molar refractivity (Wildman–Crippen MR) is 72.6 cm³/mol. The van der Waals surface area contributed by atoms with Gasteiger partial charge in [0.15, 0.2) is 11.6 Å². The second-order valence-electron chi connectivity index (χ2n) is 4.39. The number of carbonyl (C=O) groups is 1. The highest BCUT2D eigenvalue weighted by atomic mass is 19.1. The molecule has 1 N–H and O–H groups in total. The number of hydrogen-bond acceptors (Lipinski definition) is 3. The molecule has 0 spiro atoms. The zero-order valence-electron chi connectivity index (χ0n) is 11.9. The van der Waals surface area contributed by atoms with Crippen LogP contribution >= 0.6 is 0 Å². The smallest absolute Gasteiger partial charge is 0.239 e. The second-order valence-corrected chi connectivity index (χ2v) is 4.39. The monoisotopic (exact) mass is 268 g/mol. The van der Waals surface area contributed by atoms with Crippen LogP contribution in [0.4, 0.5) is 4.39 Å². The van der Waals surface area contributed by atoms with Crippen LogP contribution in [0.15, 0.2) is 18.2 Å². The van der Waals surface area contributed by atoms with Gasteiger partial charge in [-0.1, -0.05) is 12.1 Å². The molecule has 1 rings (SSSR count). The summed E-state index contributed by atoms with van der Waals surface area (Å²) in [6.07, 6.45) is 0. The van der Waals surface area contributed by atoms with Crippen molar-refractivity contribution < 1.29 is 13.9 Å². The molecule has 0 aliphatic heterocycles. The highest BCUT2D eigenvalue weighted by molar-refractivity contribution is 5.81. The van der Waals surface area contributed by atoms with Gasteiger partial charge in [0.2, 0.25) is 5.91 Å². The topological polar surface area (TPSA) is 41.6 Å². The molecule has 1 aromatic carbocycles. The average molecular weight is 268 g/mol. The molecule has 0 aliphatic rings. The van der Waals surface area contributed by atoms with Gasteiger partial charge in [-0.25, -0.2) is 4.39 Å². The summed E-state index contributed by atoms with van der Waals surface area (Å²) in [5.41, 5.74) is 0.484. The van der Waals surface area contributed by atoms with E-state index < -0.39 is 0 Å². The van der Waals surface area contributed by atoms with Gasteiger partial charge in [0.05, 0.1) is 13.2 Å². The first kappa shape index (κ1) is 15.4. The summed E-state index contributed by atoms with van der Waals surface area (Å²) in [5, 5.41) is 3.02. The Labute approximate surface area is 113 Å². The number of likely N-dealkylation sites (N-methyl/N-ethyl adjacent to an activating group) is 1. The minimum atomic E-state index is -0.388. The maximum absolute atomic E-state index is 13.9. The normalized spacial score (nSPS) is 12.1. The summed E-state index contributed by atoms with van der Waals surface area (Å²) in [4.78, 5) is 13.5. The number of hydrogen-bond donors (Lipinski definition) is 1. The van der Waals surface area contributed by atoms with E-state index in [9.17, 15) is 9.18 Å². The van der Waals surface area contributed by atoms with Gasteiger partial charge in [-0.05, 0) is 19.9 Å². The van der Waals surface area contributed by atoms with Crippen molar-refractivity contribution in [3.05, 3.63) is 29.6 Å². The molecule has 0 heterocycles. The van der Waals surface area contributed by atoms with Crippen molar-refractivity contribution in [3.63, 3.8) is 0 Å². The van der Waals surface area contributed by atoms with Crippen LogP contribution in [0.25, 0.3) is 0 Å². The second kappa shape index (κ2) is 7.09. The van der Waals surface area contributed by atoms with Crippen LogP contribution in [0.2, 0.25) is 0 Å². The van der Waals surface area contributed by atoms with Crippen LogP contribution in [0.3, 0.4) is 0 Å². The van der Waals surface area contributed by atoms with E-state index in [1.54, 1.807) is 37.1 Å². The number of benzene rings is 1. The van der Waals surface area contributed by atoms with E-state index in [0.29, 0.717) is 12.1 Å². The van der Waals surface area contributed by atoms with E-state index in [1.807, 2.05) is 6.92 Å². The quantitative estimate of drug-likeness (QED) is 0.855. The molecule has 0 aromatic heterocycles. The number of amides is 1. The van der Waals surface area contributed by atoms with Gasteiger partial charge in [-0.15, -0.1) is 0 Å². The molecule has 1 aromatic rings. The fourth-order valence-electron chi connectivity index (χ4n) is 1.69. The van der Waals surface area contributed by atoms with Crippen LogP contribution in [0, 0.1) is 5.82 Å². The van der Waals surface area contributed by atoms with Crippen molar-refractivity contribution in [1.82, 2.24) is 10.2 Å². The highest BCUT2D eigenvalue weighted by Gasteiger charge is 2.16. The maximum Gasteiger partial charge on any atom is 0.239 e. The molecule has 5 heteroatoms. The summed E-state index contributed by atoms with van der Waals surface area (Å²) in [6, 6.07) is 4.61. The standard InChI is InChI=1S/C14H21FN2O2/c1-5-17(3)14(18)10(2)16-9-11-7-6-8-12(19-4)13(11)15/h6-8,10,16H,5,9H2,1-4H3. The molecule has 0 aliphatic carbocycles. The number of nitrogens with zero attached hydrogens (tertiary/aromatic N) is 1. The maximum atomic E-state index is 13.9. The molecular formula is C14H21FN2O2. The number of halogens is 1. The SMILES string of the molecule is CCN(C)C(=O)C(C)NCc1cccc(OC)c1F. The Morgan fingerprint density at radius 2 is 2.21 bits per heavy atom. The lowest BCUT2D eigenvalue weighted by molar-refractivity contribution is -0.131. The predicted octanol–water partition coefficient (Wildman–Crippen LogP) is 1.79. The van der Waals surface area contributed by atoms with E-state index in [4.69, 9.17) is 4.74 Å². The molecule has 0 radical (unpaired) electrons. The van der Waals surface area contributed by atoms with Gasteiger partial charge >= 0.3 is 0 Å². The van der Waals surface area contributed by atoms with Crippen molar-refractivity contribution in [3.8, 4) is 5.75 Å². The summed E-state index contributed by atoms with van der Waals surface area (Å²) in [5.74, 6) is -0.184. The van der Waals surface area contributed by atoms with Gasteiger partial charge in [-0.2, -0.15) is 0 Å². The molecule has 19 heavy (non-hydrogen) atoms. The lowest BCUT2D eigenvalue weighted by Crippen LogP contribution is -2.42. The first-order valence-corrected chi connectivity index (χ1v) is 6.31. The molecular weight excluding hydrogens is 247 g/mol. The minimum Gasteiger partial charge on any atom is -0.494 e. The van der Waals surface area contributed by atoms with Crippen molar-refractivity contribution in [1.29, 1.82) is 0 Å². The third kappa shape index (κ3) is 3.92. The van der Waals surface area contributed by atoms with Crippen LogP contribution in [-0.2, 0) is 11.3 Å². The van der Waals surface area contributed by atoms with Crippen LogP contribution in [-0.4, -0.2) is 37.6 Å². The average Bonchev–Trinajstić information content (AvgIpc) is 2.44. The van der Waals surface area contributed by atoms with Gasteiger partial charge < -0.3 is 15.0 Å². The molecule has 1 amide bonds. The van der Waals surface area contributed by atoms with Crippen LogP contribution < -0.4 is 10.1 Å². The molecule has 0 saturated heterocycles. The zero-order valence-corrected chi connectivity index (χ0v) is 11.9. The number of carbonyl (C=O) groups excluding carboxylic acids is 1. The first-order chi connectivity index (χ1) is 9.01. The van der Waals surface area contributed by atoms with Gasteiger partial charge in [0.25, 0.3) is 0 Å². The Hall–Kier alpha value is -1.62. The summed E-state index contributed by atoms with van der Waals surface area (Å²) in [6.45, 7) is 4.62. The molecule has 4 nitrogen and oxygen atoms in total. The van der Waals surface area contributed by atoms with E-state index >= 15 is 0 Å². The van der Waals surface area contributed by atoms with Crippen molar-refractivity contribution in [2.45, 2.75) is 26.4 Å². The largest absolute Gasteiger partial charge is 0.494 e. The summed E-state index contributed by atoms with van der Waals surface area (Å²) < 4.78 is 18.8. The third-order valence-electron chi connectivity index (χ3n) is 3.08. The summed E-state index contributed by atoms with van der Waals surface area (Å²) in [7, 11) is 3.17. The Balaban J connectivity index is 2.64. The first-order valence-electron chi connectivity index (χ1n) is 6.31. The number of rotatable bonds is 6. The van der Waals surface area contributed by atoms with Crippen molar-refractivity contribution in [2.75, 3.05) is 20.7 Å². The fraction of sp³-hybridized carbons (Fsp3) is 0.500. The van der Waals surface area contributed by atoms with Crippen molar-refractivity contribution in [2.24, 2.45) is 0 Å². The van der Waals surface area contributed by atoms with Crippen LogP contribution in [0.1, 0.15) is 19.4 Å². The Morgan fingerprint density at radius 3 is 2.79 bits per heavy atom. The molecule has 1 atom stereocenters. The number of methoxy groups -OCH3 is 1. The lowest BCUT2D eigenvalue weighted by atomic mass is 10.2. The Bertz CT molecular complexity index is 437. The van der Waals surface area contributed by atoms with E-state index in [1.165, 1.54) is 7.11 Å². The van der Waals surface area contributed by atoms with Crippen molar-refractivity contribution >= 4 is 5.91 Å². The zero-order chi connectivity index (χ0) is 14.4. The molecule has 0 fully saturated rings. The molecule has 0 bridgehead atoms. The minimum absolute atomic E-state index is 0.00851. The van der Waals surface area contributed by atoms with Crippen LogP contribution in [0.5, 0.6) is 5.75 Å². The molecule has 106 valence electrons. The Morgan fingerprint density at radius 1 is 1.53 bits per heavy atom. The number of ether oxygens (including phenoxy) is 1. The summed E-state index contributed by atoms with van der Waals surface area (Å²) >= 11 is 0. The third-order valence-corrected chi connectivity index (χ3v) is 3.08. The fourth-order valence-corrected chi connectivity index (χ4v) is 1.69.